The van der Waals surface area contributed by atoms with Crippen LogP contribution in [0.2, 0.25) is 0 Å². The van der Waals surface area contributed by atoms with Crippen molar-refractivity contribution in [2.75, 3.05) is 0 Å². The van der Waals surface area contributed by atoms with Crippen LogP contribution in [0.1, 0.15) is 41.0 Å². The zero-order chi connectivity index (χ0) is 17.5. The summed E-state index contributed by atoms with van der Waals surface area (Å²) in [6, 6.07) is 0. The van der Waals surface area contributed by atoms with Crippen molar-refractivity contribution in [1.29, 1.82) is 0 Å². The Morgan fingerprint density at radius 3 is 2.57 bits per heavy atom. The normalized spacial score (nSPS) is 30.0. The number of carbonyl (C=O) groups excluding carboxylic acids is 2. The SMILES string of the molecule is C=CC(F)C1=C(C)C(OC(=O)[C@@H]2[C@@H](C=C(C)C)C2(C)C)CC1=O. The highest BCUT2D eigenvalue weighted by Crippen LogP contribution is 2.60. The second kappa shape index (κ2) is 6.06. The van der Waals surface area contributed by atoms with Gasteiger partial charge in [-0.25, -0.2) is 4.39 Å². The number of ether oxygens (including phenoxy) is 1. The van der Waals surface area contributed by atoms with E-state index in [4.69, 9.17) is 4.74 Å². The number of esters is 1. The summed E-state index contributed by atoms with van der Waals surface area (Å²) in [5.74, 6) is -0.651. The fourth-order valence-corrected chi connectivity index (χ4v) is 3.46. The van der Waals surface area contributed by atoms with Gasteiger partial charge in [-0.2, -0.15) is 0 Å². The van der Waals surface area contributed by atoms with E-state index in [0.29, 0.717) is 5.57 Å². The van der Waals surface area contributed by atoms with E-state index in [1.807, 2.05) is 27.7 Å². The minimum Gasteiger partial charge on any atom is -0.457 e. The number of carbonyl (C=O) groups is 2. The number of ketones is 1. The molecule has 0 heterocycles. The van der Waals surface area contributed by atoms with E-state index in [0.717, 1.165) is 6.08 Å². The van der Waals surface area contributed by atoms with Crippen molar-refractivity contribution in [3.05, 3.63) is 35.5 Å². The molecule has 0 amide bonds. The lowest BCUT2D eigenvalue weighted by Gasteiger charge is -2.14. The van der Waals surface area contributed by atoms with Crippen molar-refractivity contribution in [3.8, 4) is 0 Å². The highest BCUT2D eigenvalue weighted by Gasteiger charge is 2.61. The van der Waals surface area contributed by atoms with Gasteiger partial charge in [0.1, 0.15) is 12.3 Å². The van der Waals surface area contributed by atoms with E-state index in [1.54, 1.807) is 6.92 Å². The first-order chi connectivity index (χ1) is 10.6. The topological polar surface area (TPSA) is 43.4 Å². The second-order valence-electron chi connectivity index (χ2n) is 7.36. The molecule has 2 aliphatic carbocycles. The van der Waals surface area contributed by atoms with Gasteiger partial charge in [-0.15, -0.1) is 0 Å². The zero-order valence-corrected chi connectivity index (χ0v) is 14.5. The summed E-state index contributed by atoms with van der Waals surface area (Å²) < 4.78 is 19.3. The summed E-state index contributed by atoms with van der Waals surface area (Å²) >= 11 is 0. The summed E-state index contributed by atoms with van der Waals surface area (Å²) in [5.41, 5.74) is 1.63. The summed E-state index contributed by atoms with van der Waals surface area (Å²) in [7, 11) is 0. The molecule has 3 nitrogen and oxygen atoms in total. The number of Topliss-reactive ketones (excluding diaryl/α,β-unsaturated/α-hetero) is 1. The first kappa shape index (κ1) is 17.6. The van der Waals surface area contributed by atoms with Gasteiger partial charge in [-0.05, 0) is 37.7 Å². The average molecular weight is 320 g/mol. The van der Waals surface area contributed by atoms with Crippen LogP contribution >= 0.6 is 0 Å². The fraction of sp³-hybridized carbons (Fsp3) is 0.579. The van der Waals surface area contributed by atoms with Gasteiger partial charge in [-0.1, -0.05) is 38.2 Å². The molecular weight excluding hydrogens is 295 g/mol. The molecule has 4 heteroatoms. The largest absolute Gasteiger partial charge is 0.457 e. The number of allylic oxidation sites excluding steroid dienone is 4. The first-order valence-electron chi connectivity index (χ1n) is 7.97. The molecule has 0 aromatic heterocycles. The van der Waals surface area contributed by atoms with Gasteiger partial charge >= 0.3 is 5.97 Å². The third-order valence-corrected chi connectivity index (χ3v) is 5.00. The fourth-order valence-electron chi connectivity index (χ4n) is 3.46. The third kappa shape index (κ3) is 3.17. The van der Waals surface area contributed by atoms with Crippen LogP contribution in [0.15, 0.2) is 35.5 Å². The van der Waals surface area contributed by atoms with E-state index in [2.05, 4.69) is 12.7 Å². The van der Waals surface area contributed by atoms with Gasteiger partial charge in [-0.3, -0.25) is 9.59 Å². The molecule has 0 aromatic carbocycles. The smallest absolute Gasteiger partial charge is 0.310 e. The maximum absolute atomic E-state index is 13.8. The average Bonchev–Trinajstić information content (AvgIpc) is 2.84. The van der Waals surface area contributed by atoms with Gasteiger partial charge in [0.05, 0.1) is 12.3 Å². The molecule has 0 aromatic rings. The summed E-state index contributed by atoms with van der Waals surface area (Å²) in [4.78, 5) is 24.4. The minimum atomic E-state index is -1.50. The van der Waals surface area contributed by atoms with Crippen LogP contribution in [0.3, 0.4) is 0 Å². The van der Waals surface area contributed by atoms with Crippen LogP contribution in [-0.4, -0.2) is 24.0 Å². The van der Waals surface area contributed by atoms with Crippen LogP contribution < -0.4 is 0 Å². The molecule has 0 spiro atoms. The summed E-state index contributed by atoms with van der Waals surface area (Å²) in [6.45, 7) is 13.1. The predicted octanol–water partition coefficient (Wildman–Crippen LogP) is 3.95. The van der Waals surface area contributed by atoms with Crippen molar-refractivity contribution < 1.29 is 18.7 Å². The van der Waals surface area contributed by atoms with Crippen LogP contribution in [0, 0.1) is 17.3 Å². The number of hydrogen-bond acceptors (Lipinski definition) is 3. The molecule has 126 valence electrons. The highest BCUT2D eigenvalue weighted by molar-refractivity contribution is 6.01. The summed E-state index contributed by atoms with van der Waals surface area (Å²) in [5, 5.41) is 0. The quantitative estimate of drug-likeness (QED) is 0.569. The van der Waals surface area contributed by atoms with Gasteiger partial charge < -0.3 is 4.74 Å². The van der Waals surface area contributed by atoms with Crippen molar-refractivity contribution in [1.82, 2.24) is 0 Å². The maximum Gasteiger partial charge on any atom is 0.310 e. The van der Waals surface area contributed by atoms with Crippen LogP contribution in [0.25, 0.3) is 0 Å². The van der Waals surface area contributed by atoms with Crippen LogP contribution in [-0.2, 0) is 14.3 Å². The molecule has 0 saturated heterocycles. The molecule has 23 heavy (non-hydrogen) atoms. The Balaban J connectivity index is 2.11. The molecule has 0 radical (unpaired) electrons. The Morgan fingerprint density at radius 1 is 1.43 bits per heavy atom. The molecule has 1 fully saturated rings. The number of rotatable bonds is 5. The molecule has 0 N–H and O–H groups in total. The third-order valence-electron chi connectivity index (χ3n) is 5.00. The van der Waals surface area contributed by atoms with Gasteiger partial charge in [0.15, 0.2) is 5.78 Å². The van der Waals surface area contributed by atoms with E-state index in [1.165, 1.54) is 5.57 Å². The lowest BCUT2D eigenvalue weighted by Crippen LogP contribution is -2.20. The Hall–Kier alpha value is -1.71. The lowest BCUT2D eigenvalue weighted by atomic mass is 10.1. The van der Waals surface area contributed by atoms with Crippen molar-refractivity contribution in [2.45, 2.75) is 53.3 Å². The van der Waals surface area contributed by atoms with Crippen LogP contribution in [0.5, 0.6) is 0 Å². The lowest BCUT2D eigenvalue weighted by molar-refractivity contribution is -0.150. The zero-order valence-electron chi connectivity index (χ0n) is 14.5. The van der Waals surface area contributed by atoms with Crippen molar-refractivity contribution in [3.63, 3.8) is 0 Å². The molecule has 0 bridgehead atoms. The van der Waals surface area contributed by atoms with Gasteiger partial charge in [0.2, 0.25) is 0 Å². The molecule has 1 saturated carbocycles. The number of hydrogen-bond donors (Lipinski definition) is 0. The predicted molar refractivity (Wildman–Crippen MR) is 87.5 cm³/mol. The van der Waals surface area contributed by atoms with Gasteiger partial charge in [0.25, 0.3) is 0 Å². The Kier molecular flexibility index (Phi) is 4.65. The molecule has 2 unspecified atom stereocenters. The standard InChI is InChI=1S/C19H25FO3/c1-7-13(20)16-11(4)15(9-14(16)21)23-18(22)17-12(8-10(2)3)19(17,5)6/h7-8,12-13,15,17H,1,9H2,2-6H3/t12-,13?,15?,17+/m1/s1. The van der Waals surface area contributed by atoms with E-state index < -0.39 is 12.3 Å². The molecular formula is C19H25FO3. The van der Waals surface area contributed by atoms with E-state index in [9.17, 15) is 14.0 Å². The molecule has 2 aliphatic rings. The summed E-state index contributed by atoms with van der Waals surface area (Å²) in [6.07, 6.45) is 1.07. The van der Waals surface area contributed by atoms with Crippen molar-refractivity contribution in [2.24, 2.45) is 17.3 Å². The number of alkyl halides is 1. The van der Waals surface area contributed by atoms with Crippen LogP contribution in [0.4, 0.5) is 4.39 Å². The minimum absolute atomic E-state index is 0.0294. The van der Waals surface area contributed by atoms with E-state index in [-0.39, 0.29) is 41.0 Å². The molecule has 2 rings (SSSR count). The molecule has 4 atom stereocenters. The Bertz CT molecular complexity index is 608. The first-order valence-corrected chi connectivity index (χ1v) is 7.97. The van der Waals surface area contributed by atoms with E-state index >= 15 is 0 Å². The second-order valence-corrected chi connectivity index (χ2v) is 7.36. The Morgan fingerprint density at radius 2 is 2.04 bits per heavy atom. The monoisotopic (exact) mass is 320 g/mol. The maximum atomic E-state index is 13.8. The van der Waals surface area contributed by atoms with Crippen molar-refractivity contribution >= 4 is 11.8 Å². The number of halogens is 1. The Labute approximate surface area is 137 Å². The molecule has 0 aliphatic heterocycles. The van der Waals surface area contributed by atoms with Gasteiger partial charge in [0, 0.05) is 5.57 Å². The highest BCUT2D eigenvalue weighted by atomic mass is 19.1.